The average molecular weight is 231 g/mol. The second kappa shape index (κ2) is 3.84. The molecule has 0 radical (unpaired) electrons. The van der Waals surface area contributed by atoms with E-state index >= 15 is 0 Å². The lowest BCUT2D eigenvalue weighted by Crippen LogP contribution is -2.37. The van der Waals surface area contributed by atoms with Crippen molar-refractivity contribution in [3.63, 3.8) is 0 Å². The summed E-state index contributed by atoms with van der Waals surface area (Å²) in [6.07, 6.45) is -1.23. The number of nitrogens with two attached hydrogens (primary N) is 1. The van der Waals surface area contributed by atoms with Gasteiger partial charge in [0, 0.05) is 12.2 Å². The normalized spacial score (nSPS) is 16.2. The highest BCUT2D eigenvalue weighted by atomic mass is 19.4. The molecule has 0 bridgehead atoms. The van der Waals surface area contributed by atoms with E-state index in [1.807, 2.05) is 0 Å². The highest BCUT2D eigenvalue weighted by Gasteiger charge is 2.39. The fraction of sp³-hybridized carbons (Fsp3) is 0.500. The second-order valence-electron chi connectivity index (χ2n) is 3.89. The highest BCUT2D eigenvalue weighted by Crippen LogP contribution is 2.35. The van der Waals surface area contributed by atoms with Crippen molar-refractivity contribution in [2.24, 2.45) is 0 Å². The van der Waals surface area contributed by atoms with Crippen LogP contribution in [0.5, 0.6) is 0 Å². The Hall–Kier alpha value is -1.46. The topological polar surface area (TPSA) is 42.1 Å². The molecule has 6 heteroatoms. The summed E-state index contributed by atoms with van der Waals surface area (Å²) in [4.78, 5) is 5.17. The number of nitrogens with zero attached hydrogens (tertiary/aromatic N) is 2. The van der Waals surface area contributed by atoms with E-state index in [0.717, 1.165) is 12.8 Å². The monoisotopic (exact) mass is 231 g/mol. The summed E-state index contributed by atoms with van der Waals surface area (Å²) in [5, 5.41) is 0. The number of halogens is 3. The van der Waals surface area contributed by atoms with Crippen LogP contribution in [0.1, 0.15) is 12.8 Å². The highest BCUT2D eigenvalue weighted by molar-refractivity contribution is 5.63. The van der Waals surface area contributed by atoms with E-state index in [2.05, 4.69) is 4.98 Å². The maximum absolute atomic E-state index is 12.4. The van der Waals surface area contributed by atoms with Gasteiger partial charge in [-0.3, -0.25) is 0 Å². The largest absolute Gasteiger partial charge is 0.405 e. The first-order valence-corrected chi connectivity index (χ1v) is 5.01. The van der Waals surface area contributed by atoms with Crippen molar-refractivity contribution in [1.29, 1.82) is 0 Å². The lowest BCUT2D eigenvalue weighted by Gasteiger charge is -2.25. The van der Waals surface area contributed by atoms with Crippen molar-refractivity contribution in [3.8, 4) is 0 Å². The second-order valence-corrected chi connectivity index (χ2v) is 3.89. The smallest absolute Gasteiger partial charge is 0.396 e. The van der Waals surface area contributed by atoms with Gasteiger partial charge in [-0.15, -0.1) is 0 Å². The summed E-state index contributed by atoms with van der Waals surface area (Å²) >= 11 is 0. The molecular weight excluding hydrogens is 219 g/mol. The molecule has 1 heterocycles. The fourth-order valence-electron chi connectivity index (χ4n) is 1.61. The SMILES string of the molecule is Nc1cccnc1N(CC(F)(F)F)C1CC1. The number of anilines is 2. The van der Waals surface area contributed by atoms with Crippen LogP contribution in [-0.2, 0) is 0 Å². The summed E-state index contributed by atoms with van der Waals surface area (Å²) in [7, 11) is 0. The van der Waals surface area contributed by atoms with Crippen LogP contribution in [0.15, 0.2) is 18.3 Å². The molecule has 1 fully saturated rings. The van der Waals surface area contributed by atoms with E-state index in [9.17, 15) is 13.2 Å². The number of rotatable bonds is 3. The molecule has 0 aromatic carbocycles. The van der Waals surface area contributed by atoms with E-state index in [-0.39, 0.29) is 11.9 Å². The molecule has 1 aliphatic carbocycles. The Morgan fingerprint density at radius 3 is 2.62 bits per heavy atom. The van der Waals surface area contributed by atoms with E-state index in [4.69, 9.17) is 5.73 Å². The Kier molecular flexibility index (Phi) is 2.65. The standard InChI is InChI=1S/C10H12F3N3/c11-10(12,13)6-16(7-3-4-7)9-8(14)2-1-5-15-9/h1-2,5,7H,3-4,6,14H2. The van der Waals surface area contributed by atoms with E-state index in [0.29, 0.717) is 5.69 Å². The molecule has 0 amide bonds. The lowest BCUT2D eigenvalue weighted by molar-refractivity contribution is -0.120. The number of pyridine rings is 1. The van der Waals surface area contributed by atoms with Gasteiger partial charge in [0.1, 0.15) is 6.54 Å². The summed E-state index contributed by atoms with van der Waals surface area (Å²) in [6.45, 7) is -0.987. The maximum atomic E-state index is 12.4. The Labute approximate surface area is 91.1 Å². The van der Waals surface area contributed by atoms with Crippen LogP contribution >= 0.6 is 0 Å². The minimum Gasteiger partial charge on any atom is -0.396 e. The summed E-state index contributed by atoms with van der Waals surface area (Å²) in [6, 6.07) is 3.10. The molecule has 0 aliphatic heterocycles. The quantitative estimate of drug-likeness (QED) is 0.867. The third-order valence-electron chi connectivity index (χ3n) is 2.43. The average Bonchev–Trinajstić information content (AvgIpc) is 2.97. The van der Waals surface area contributed by atoms with Crippen molar-refractivity contribution < 1.29 is 13.2 Å². The molecule has 1 aromatic rings. The van der Waals surface area contributed by atoms with Crippen molar-refractivity contribution in [3.05, 3.63) is 18.3 Å². The molecule has 2 rings (SSSR count). The molecule has 1 aliphatic rings. The van der Waals surface area contributed by atoms with Gasteiger partial charge in [0.25, 0.3) is 0 Å². The van der Waals surface area contributed by atoms with Crippen molar-refractivity contribution in [2.45, 2.75) is 25.1 Å². The minimum absolute atomic E-state index is 0.0705. The van der Waals surface area contributed by atoms with Crippen molar-refractivity contribution >= 4 is 11.5 Å². The summed E-state index contributed by atoms with van der Waals surface area (Å²) < 4.78 is 37.2. The number of hydrogen-bond donors (Lipinski definition) is 1. The van der Waals surface area contributed by atoms with Crippen LogP contribution in [0.2, 0.25) is 0 Å². The van der Waals surface area contributed by atoms with Crippen LogP contribution in [0.25, 0.3) is 0 Å². The summed E-state index contributed by atoms with van der Waals surface area (Å²) in [5.74, 6) is 0.238. The van der Waals surface area contributed by atoms with Gasteiger partial charge in [0.2, 0.25) is 0 Å². The minimum atomic E-state index is -4.23. The molecule has 3 nitrogen and oxygen atoms in total. The Morgan fingerprint density at radius 2 is 2.12 bits per heavy atom. The van der Waals surface area contributed by atoms with Crippen LogP contribution in [-0.4, -0.2) is 23.7 Å². The van der Waals surface area contributed by atoms with E-state index in [1.54, 1.807) is 12.1 Å². The van der Waals surface area contributed by atoms with Gasteiger partial charge in [-0.05, 0) is 25.0 Å². The number of aromatic nitrogens is 1. The molecule has 1 saturated carbocycles. The van der Waals surface area contributed by atoms with E-state index in [1.165, 1.54) is 11.1 Å². The molecular formula is C10H12F3N3. The molecule has 88 valence electrons. The van der Waals surface area contributed by atoms with Crippen LogP contribution in [0.3, 0.4) is 0 Å². The zero-order chi connectivity index (χ0) is 11.8. The first-order valence-electron chi connectivity index (χ1n) is 5.01. The zero-order valence-corrected chi connectivity index (χ0v) is 8.54. The first-order chi connectivity index (χ1) is 7.47. The van der Waals surface area contributed by atoms with E-state index < -0.39 is 12.7 Å². The summed E-state index contributed by atoms with van der Waals surface area (Å²) in [5.41, 5.74) is 5.92. The van der Waals surface area contributed by atoms with Gasteiger partial charge in [-0.1, -0.05) is 0 Å². The predicted molar refractivity (Wildman–Crippen MR) is 55.1 cm³/mol. The number of alkyl halides is 3. The maximum Gasteiger partial charge on any atom is 0.405 e. The van der Waals surface area contributed by atoms with Crippen LogP contribution in [0.4, 0.5) is 24.7 Å². The van der Waals surface area contributed by atoms with Crippen molar-refractivity contribution in [1.82, 2.24) is 4.98 Å². The molecule has 2 N–H and O–H groups in total. The third kappa shape index (κ3) is 2.56. The number of nitrogen functional groups attached to an aromatic ring is 1. The Morgan fingerprint density at radius 1 is 1.44 bits per heavy atom. The van der Waals surface area contributed by atoms with Crippen LogP contribution in [0, 0.1) is 0 Å². The first kappa shape index (κ1) is 11.0. The van der Waals surface area contributed by atoms with Gasteiger partial charge >= 0.3 is 6.18 Å². The van der Waals surface area contributed by atoms with Gasteiger partial charge in [-0.2, -0.15) is 13.2 Å². The molecule has 1 aromatic heterocycles. The number of hydrogen-bond acceptors (Lipinski definition) is 3. The molecule has 0 unspecified atom stereocenters. The molecule has 16 heavy (non-hydrogen) atoms. The van der Waals surface area contributed by atoms with Gasteiger partial charge < -0.3 is 10.6 Å². The van der Waals surface area contributed by atoms with Gasteiger partial charge in [0.15, 0.2) is 5.82 Å². The van der Waals surface area contributed by atoms with Gasteiger partial charge in [-0.25, -0.2) is 4.98 Å². The Balaban J connectivity index is 2.23. The Bertz CT molecular complexity index is 374. The lowest BCUT2D eigenvalue weighted by atomic mass is 10.3. The van der Waals surface area contributed by atoms with Crippen LogP contribution < -0.4 is 10.6 Å². The molecule has 0 saturated heterocycles. The fourth-order valence-corrected chi connectivity index (χ4v) is 1.61. The van der Waals surface area contributed by atoms with Crippen molar-refractivity contribution in [2.75, 3.05) is 17.2 Å². The zero-order valence-electron chi connectivity index (χ0n) is 8.54. The predicted octanol–water partition coefficient (Wildman–Crippen LogP) is 2.19. The third-order valence-corrected chi connectivity index (χ3v) is 2.43. The van der Waals surface area contributed by atoms with Gasteiger partial charge in [0.05, 0.1) is 5.69 Å². The molecule has 0 spiro atoms. The molecule has 0 atom stereocenters.